The number of amides is 2. The molecule has 6 nitrogen and oxygen atoms in total. The lowest BCUT2D eigenvalue weighted by Crippen LogP contribution is -2.52. The lowest BCUT2D eigenvalue weighted by atomic mass is 9.98. The summed E-state index contributed by atoms with van der Waals surface area (Å²) in [5.74, 6) is -1.20. The van der Waals surface area contributed by atoms with Gasteiger partial charge in [-0.2, -0.15) is 0 Å². The highest BCUT2D eigenvalue weighted by atomic mass is 16.4. The first-order valence-electron chi connectivity index (χ1n) is 6.70. The second-order valence-corrected chi connectivity index (χ2v) is 5.30. The largest absolute Gasteiger partial charge is 0.480 e. The number of rotatable bonds is 6. The molecule has 1 heterocycles. The molecule has 1 rings (SSSR count). The van der Waals surface area contributed by atoms with Gasteiger partial charge in [0.05, 0.1) is 0 Å². The van der Waals surface area contributed by atoms with Gasteiger partial charge in [0.2, 0.25) is 11.8 Å². The van der Waals surface area contributed by atoms with Crippen LogP contribution in [0.25, 0.3) is 0 Å². The standard InChI is InChI=1S/C13H22N2O4/c1-9(2)7-10(13(19)14-8-12(17)18)15-6-4-3-5-11(15)16/h9-10H,3-8H2,1-2H3,(H,14,19)(H,17,18). The van der Waals surface area contributed by atoms with Crippen LogP contribution < -0.4 is 5.32 Å². The van der Waals surface area contributed by atoms with E-state index < -0.39 is 18.6 Å². The molecule has 0 aliphatic carbocycles. The third-order valence-electron chi connectivity index (χ3n) is 3.15. The number of carbonyl (C=O) groups excluding carboxylic acids is 2. The molecule has 1 aliphatic heterocycles. The minimum atomic E-state index is -1.08. The van der Waals surface area contributed by atoms with E-state index >= 15 is 0 Å². The van der Waals surface area contributed by atoms with Gasteiger partial charge < -0.3 is 15.3 Å². The monoisotopic (exact) mass is 270 g/mol. The summed E-state index contributed by atoms with van der Waals surface area (Å²) in [5.41, 5.74) is 0. The van der Waals surface area contributed by atoms with Crippen molar-refractivity contribution in [2.45, 2.75) is 45.6 Å². The van der Waals surface area contributed by atoms with E-state index in [2.05, 4.69) is 5.32 Å². The molecule has 2 N–H and O–H groups in total. The summed E-state index contributed by atoms with van der Waals surface area (Å²) in [6.07, 6.45) is 2.78. The van der Waals surface area contributed by atoms with Crippen molar-refractivity contribution in [2.24, 2.45) is 5.92 Å². The lowest BCUT2D eigenvalue weighted by Gasteiger charge is -2.34. The number of carbonyl (C=O) groups is 3. The van der Waals surface area contributed by atoms with Gasteiger partial charge in [-0.05, 0) is 25.2 Å². The van der Waals surface area contributed by atoms with Crippen molar-refractivity contribution in [3.05, 3.63) is 0 Å². The van der Waals surface area contributed by atoms with Gasteiger partial charge in [0.15, 0.2) is 0 Å². The third-order valence-corrected chi connectivity index (χ3v) is 3.15. The summed E-state index contributed by atoms with van der Waals surface area (Å²) in [6.45, 7) is 4.13. The molecular formula is C13H22N2O4. The predicted octanol–water partition coefficient (Wildman–Crippen LogP) is 0.614. The van der Waals surface area contributed by atoms with Crippen molar-refractivity contribution >= 4 is 17.8 Å². The molecule has 1 aliphatic rings. The Morgan fingerprint density at radius 3 is 2.58 bits per heavy atom. The number of hydrogen-bond acceptors (Lipinski definition) is 3. The Kier molecular flexibility index (Phi) is 5.79. The smallest absolute Gasteiger partial charge is 0.322 e. The van der Waals surface area contributed by atoms with Gasteiger partial charge in [-0.15, -0.1) is 0 Å². The molecule has 1 fully saturated rings. The van der Waals surface area contributed by atoms with E-state index in [9.17, 15) is 14.4 Å². The van der Waals surface area contributed by atoms with Gasteiger partial charge in [-0.3, -0.25) is 14.4 Å². The van der Waals surface area contributed by atoms with Crippen LogP contribution in [0.5, 0.6) is 0 Å². The Bertz CT molecular complexity index is 355. The molecule has 0 aromatic rings. The molecule has 0 bridgehead atoms. The number of carboxylic acids is 1. The summed E-state index contributed by atoms with van der Waals surface area (Å²) < 4.78 is 0. The van der Waals surface area contributed by atoms with Crippen molar-refractivity contribution in [3.8, 4) is 0 Å². The lowest BCUT2D eigenvalue weighted by molar-refractivity contribution is -0.144. The molecule has 1 saturated heterocycles. The normalized spacial score (nSPS) is 17.4. The Hall–Kier alpha value is -1.59. The van der Waals surface area contributed by atoms with E-state index in [1.54, 1.807) is 4.90 Å². The van der Waals surface area contributed by atoms with Crippen molar-refractivity contribution in [1.29, 1.82) is 0 Å². The van der Waals surface area contributed by atoms with Crippen LogP contribution in [-0.2, 0) is 14.4 Å². The fourth-order valence-electron chi connectivity index (χ4n) is 2.26. The highest BCUT2D eigenvalue weighted by Crippen LogP contribution is 2.19. The molecule has 6 heteroatoms. The first-order valence-corrected chi connectivity index (χ1v) is 6.70. The molecule has 1 atom stereocenters. The summed E-state index contributed by atoms with van der Waals surface area (Å²) in [4.78, 5) is 36.0. The predicted molar refractivity (Wildman–Crippen MR) is 69.5 cm³/mol. The van der Waals surface area contributed by atoms with E-state index in [1.807, 2.05) is 13.8 Å². The van der Waals surface area contributed by atoms with Crippen LogP contribution in [0, 0.1) is 5.92 Å². The molecule has 1 unspecified atom stereocenters. The third kappa shape index (κ3) is 4.89. The van der Waals surface area contributed by atoms with Crippen molar-refractivity contribution in [2.75, 3.05) is 13.1 Å². The van der Waals surface area contributed by atoms with E-state index in [-0.39, 0.29) is 17.7 Å². The van der Waals surface area contributed by atoms with Gasteiger partial charge >= 0.3 is 5.97 Å². The van der Waals surface area contributed by atoms with E-state index in [0.29, 0.717) is 19.4 Å². The van der Waals surface area contributed by atoms with Crippen LogP contribution in [0.3, 0.4) is 0 Å². The van der Waals surface area contributed by atoms with E-state index in [1.165, 1.54) is 0 Å². The fraction of sp³-hybridized carbons (Fsp3) is 0.769. The summed E-state index contributed by atoms with van der Waals surface area (Å²) in [5, 5.41) is 11.0. The number of piperidine rings is 1. The van der Waals surface area contributed by atoms with Crippen LogP contribution in [0.2, 0.25) is 0 Å². The topological polar surface area (TPSA) is 86.7 Å². The summed E-state index contributed by atoms with van der Waals surface area (Å²) >= 11 is 0. The Labute approximate surface area is 113 Å². The van der Waals surface area contributed by atoms with Crippen molar-refractivity contribution in [3.63, 3.8) is 0 Å². The van der Waals surface area contributed by atoms with Crippen molar-refractivity contribution < 1.29 is 19.5 Å². The Morgan fingerprint density at radius 1 is 1.37 bits per heavy atom. The minimum Gasteiger partial charge on any atom is -0.480 e. The Balaban J connectivity index is 2.72. The summed E-state index contributed by atoms with van der Waals surface area (Å²) in [6, 6.07) is -0.549. The van der Waals surface area contributed by atoms with E-state index in [4.69, 9.17) is 5.11 Å². The first kappa shape index (κ1) is 15.5. The highest BCUT2D eigenvalue weighted by molar-refractivity contribution is 5.89. The van der Waals surface area contributed by atoms with Crippen LogP contribution >= 0.6 is 0 Å². The quantitative estimate of drug-likeness (QED) is 0.740. The van der Waals surface area contributed by atoms with Crippen LogP contribution in [-0.4, -0.2) is 46.9 Å². The summed E-state index contributed by atoms with van der Waals surface area (Å²) in [7, 11) is 0. The minimum absolute atomic E-state index is 0.0117. The van der Waals surface area contributed by atoms with Gasteiger partial charge in [0.1, 0.15) is 12.6 Å². The fourth-order valence-corrected chi connectivity index (χ4v) is 2.26. The maximum atomic E-state index is 12.1. The Morgan fingerprint density at radius 2 is 2.05 bits per heavy atom. The molecule has 19 heavy (non-hydrogen) atoms. The zero-order valence-electron chi connectivity index (χ0n) is 11.5. The van der Waals surface area contributed by atoms with Crippen molar-refractivity contribution in [1.82, 2.24) is 10.2 Å². The van der Waals surface area contributed by atoms with E-state index in [0.717, 1.165) is 12.8 Å². The highest BCUT2D eigenvalue weighted by Gasteiger charge is 2.31. The molecule has 2 amide bonds. The molecule has 0 aromatic heterocycles. The van der Waals surface area contributed by atoms with Gasteiger partial charge in [0.25, 0.3) is 0 Å². The van der Waals surface area contributed by atoms with Crippen LogP contribution in [0.15, 0.2) is 0 Å². The number of likely N-dealkylation sites (tertiary alicyclic amines) is 1. The average molecular weight is 270 g/mol. The number of aliphatic carboxylic acids is 1. The zero-order valence-corrected chi connectivity index (χ0v) is 11.5. The first-order chi connectivity index (χ1) is 8.91. The van der Waals surface area contributed by atoms with Gasteiger partial charge in [0, 0.05) is 13.0 Å². The molecule has 108 valence electrons. The molecule has 0 radical (unpaired) electrons. The molecule has 0 saturated carbocycles. The maximum absolute atomic E-state index is 12.1. The van der Waals surface area contributed by atoms with Gasteiger partial charge in [-0.1, -0.05) is 13.8 Å². The number of hydrogen-bond donors (Lipinski definition) is 2. The average Bonchev–Trinajstić information content (AvgIpc) is 2.33. The number of nitrogens with one attached hydrogen (secondary N) is 1. The SMILES string of the molecule is CC(C)CC(C(=O)NCC(=O)O)N1CCCCC1=O. The molecule has 0 spiro atoms. The maximum Gasteiger partial charge on any atom is 0.322 e. The van der Waals surface area contributed by atoms with Crippen LogP contribution in [0.1, 0.15) is 39.5 Å². The molecular weight excluding hydrogens is 248 g/mol. The number of nitrogens with zero attached hydrogens (tertiary/aromatic N) is 1. The van der Waals surface area contributed by atoms with Crippen LogP contribution in [0.4, 0.5) is 0 Å². The zero-order chi connectivity index (χ0) is 14.4. The molecule has 0 aromatic carbocycles. The second kappa shape index (κ2) is 7.11. The van der Waals surface area contributed by atoms with Gasteiger partial charge in [-0.25, -0.2) is 0 Å². The number of carboxylic acid groups (broad SMARTS) is 1. The second-order valence-electron chi connectivity index (χ2n) is 5.30.